The summed E-state index contributed by atoms with van der Waals surface area (Å²) < 4.78 is 2.96. The van der Waals surface area contributed by atoms with E-state index in [1.165, 1.54) is 0 Å². The fraction of sp³-hybridized carbons (Fsp3) is 0.360. The maximum Gasteiger partial charge on any atom is 0.154 e. The number of nitrogens with one attached hydrogen (secondary N) is 1. The smallest absolute Gasteiger partial charge is 0.154 e. The van der Waals surface area contributed by atoms with Crippen LogP contribution >= 0.6 is 47.8 Å². The Balaban J connectivity index is 1.86. The third-order valence-electron chi connectivity index (χ3n) is 5.57. The second-order valence-electron chi connectivity index (χ2n) is 8.04. The van der Waals surface area contributed by atoms with Crippen molar-refractivity contribution in [3.8, 4) is 0 Å². The Morgan fingerprint density at radius 3 is 2.39 bits per heavy atom. The normalized spacial score (nSPS) is 12.7. The molecular formula is C25H30Br3N5. The minimum Gasteiger partial charge on any atom is -0.399 e. The van der Waals surface area contributed by atoms with E-state index >= 15 is 0 Å². The van der Waals surface area contributed by atoms with Crippen LogP contribution in [0.5, 0.6) is 0 Å². The third-order valence-corrected chi connectivity index (χ3v) is 7.34. The van der Waals surface area contributed by atoms with Gasteiger partial charge in [-0.15, -0.1) is 0 Å². The van der Waals surface area contributed by atoms with Crippen LogP contribution in [0.25, 0.3) is 23.1 Å². The second-order valence-corrected chi connectivity index (χ2v) is 10.7. The molecule has 0 aliphatic heterocycles. The molecule has 5 nitrogen and oxygen atoms in total. The highest BCUT2D eigenvalue weighted by Crippen LogP contribution is 2.31. The van der Waals surface area contributed by atoms with Crippen molar-refractivity contribution in [2.75, 3.05) is 30.7 Å². The Bertz CT molecular complexity index is 1110. The van der Waals surface area contributed by atoms with Crippen LogP contribution in [-0.4, -0.2) is 40.5 Å². The first-order valence-corrected chi connectivity index (χ1v) is 13.6. The standard InChI is InChI=1S/C25H30Br3N5/c1-4-33(5-2)12-6-7-16(3)30-25-20-15-18(29)8-10-23(20)31-24(32-25)11-9-19-21(27)13-17(26)14-22(19)28/h8-11,13-16H,4-7,12,29H2,1-3H3,(H,30,31,32)/b11-9+/t16-/m1/s1. The predicted octanol–water partition coefficient (Wildman–Crippen LogP) is 7.59. The van der Waals surface area contributed by atoms with Gasteiger partial charge in [-0.1, -0.05) is 61.6 Å². The van der Waals surface area contributed by atoms with E-state index in [-0.39, 0.29) is 6.04 Å². The highest BCUT2D eigenvalue weighted by atomic mass is 79.9. The lowest BCUT2D eigenvalue weighted by molar-refractivity contribution is 0.295. The number of fused-ring (bicyclic) bond motifs is 1. The molecule has 1 aromatic heterocycles. The van der Waals surface area contributed by atoms with Gasteiger partial charge in [-0.25, -0.2) is 9.97 Å². The van der Waals surface area contributed by atoms with E-state index in [9.17, 15) is 0 Å². The summed E-state index contributed by atoms with van der Waals surface area (Å²) in [4.78, 5) is 12.0. The van der Waals surface area contributed by atoms with Crippen molar-refractivity contribution in [1.82, 2.24) is 14.9 Å². The molecule has 1 heterocycles. The van der Waals surface area contributed by atoms with E-state index in [0.717, 1.165) is 68.2 Å². The molecule has 0 radical (unpaired) electrons. The van der Waals surface area contributed by atoms with Gasteiger partial charge in [0.25, 0.3) is 0 Å². The molecule has 33 heavy (non-hydrogen) atoms. The number of hydrogen-bond donors (Lipinski definition) is 2. The molecule has 3 aromatic rings. The first-order chi connectivity index (χ1) is 15.8. The van der Waals surface area contributed by atoms with Crippen molar-refractivity contribution in [3.63, 3.8) is 0 Å². The van der Waals surface area contributed by atoms with Crippen molar-refractivity contribution in [2.24, 2.45) is 0 Å². The molecule has 3 N–H and O–H groups in total. The van der Waals surface area contributed by atoms with E-state index in [1.54, 1.807) is 0 Å². The van der Waals surface area contributed by atoms with Gasteiger partial charge in [0.05, 0.1) is 5.52 Å². The second kappa shape index (κ2) is 12.3. The minimum absolute atomic E-state index is 0.284. The van der Waals surface area contributed by atoms with Crippen molar-refractivity contribution >= 4 is 82.4 Å². The average molecular weight is 640 g/mol. The molecule has 0 fully saturated rings. The van der Waals surface area contributed by atoms with Gasteiger partial charge in [-0.05, 0) is 81.9 Å². The SMILES string of the molecule is CCN(CC)CCC[C@@H](C)Nc1nc(/C=C/c2c(Br)cc(Br)cc2Br)nc2ccc(N)cc12. The van der Waals surface area contributed by atoms with Gasteiger partial charge in [-0.3, -0.25) is 0 Å². The van der Waals surface area contributed by atoms with Gasteiger partial charge in [0, 0.05) is 36.1 Å². The van der Waals surface area contributed by atoms with Crippen molar-refractivity contribution < 1.29 is 0 Å². The van der Waals surface area contributed by atoms with Crippen LogP contribution in [0.1, 0.15) is 45.0 Å². The summed E-state index contributed by atoms with van der Waals surface area (Å²) in [7, 11) is 0. The van der Waals surface area contributed by atoms with Gasteiger partial charge in [0.15, 0.2) is 5.82 Å². The van der Waals surface area contributed by atoms with Crippen molar-refractivity contribution in [1.29, 1.82) is 0 Å². The Hall–Kier alpha value is -1.48. The maximum atomic E-state index is 6.07. The lowest BCUT2D eigenvalue weighted by atomic mass is 10.1. The van der Waals surface area contributed by atoms with Crippen LogP contribution in [0, 0.1) is 0 Å². The summed E-state index contributed by atoms with van der Waals surface area (Å²) in [5.74, 6) is 1.46. The predicted molar refractivity (Wildman–Crippen MR) is 153 cm³/mol. The van der Waals surface area contributed by atoms with Gasteiger partial charge in [-0.2, -0.15) is 0 Å². The van der Waals surface area contributed by atoms with Crippen LogP contribution < -0.4 is 11.1 Å². The molecule has 0 unspecified atom stereocenters. The zero-order valence-electron chi connectivity index (χ0n) is 19.2. The highest BCUT2D eigenvalue weighted by Gasteiger charge is 2.11. The fourth-order valence-corrected chi connectivity index (χ4v) is 6.21. The lowest BCUT2D eigenvalue weighted by Gasteiger charge is -2.20. The number of benzene rings is 2. The molecule has 0 bridgehead atoms. The van der Waals surface area contributed by atoms with Crippen LogP contribution in [0.3, 0.4) is 0 Å². The fourth-order valence-electron chi connectivity index (χ4n) is 3.69. The van der Waals surface area contributed by atoms with Crippen molar-refractivity contribution in [3.05, 3.63) is 55.1 Å². The summed E-state index contributed by atoms with van der Waals surface area (Å²) in [6, 6.07) is 10.1. The summed E-state index contributed by atoms with van der Waals surface area (Å²) in [6.07, 6.45) is 6.15. The molecule has 0 amide bonds. The van der Waals surface area contributed by atoms with Gasteiger partial charge < -0.3 is 16.0 Å². The Kier molecular flexibility index (Phi) is 9.73. The van der Waals surface area contributed by atoms with Crippen LogP contribution in [0.2, 0.25) is 0 Å². The molecule has 3 rings (SSSR count). The quantitative estimate of drug-likeness (QED) is 0.224. The summed E-state index contributed by atoms with van der Waals surface area (Å²) >= 11 is 10.8. The summed E-state index contributed by atoms with van der Waals surface area (Å²) in [5.41, 5.74) is 8.66. The highest BCUT2D eigenvalue weighted by molar-refractivity contribution is 9.11. The van der Waals surface area contributed by atoms with Crippen LogP contribution in [-0.2, 0) is 0 Å². The number of nitrogens with two attached hydrogens (primary N) is 1. The Morgan fingerprint density at radius 1 is 1.03 bits per heavy atom. The van der Waals surface area contributed by atoms with E-state index in [4.69, 9.17) is 15.7 Å². The van der Waals surface area contributed by atoms with E-state index < -0.39 is 0 Å². The van der Waals surface area contributed by atoms with Crippen LogP contribution in [0.15, 0.2) is 43.7 Å². The topological polar surface area (TPSA) is 67.1 Å². The average Bonchev–Trinajstić information content (AvgIpc) is 2.76. The molecule has 8 heteroatoms. The van der Waals surface area contributed by atoms with Gasteiger partial charge >= 0.3 is 0 Å². The molecule has 2 aromatic carbocycles. The number of nitrogens with zero attached hydrogens (tertiary/aromatic N) is 3. The minimum atomic E-state index is 0.284. The van der Waals surface area contributed by atoms with E-state index in [0.29, 0.717) is 11.5 Å². The van der Waals surface area contributed by atoms with Gasteiger partial charge in [0.2, 0.25) is 0 Å². The molecule has 0 saturated carbocycles. The van der Waals surface area contributed by atoms with E-state index in [1.807, 2.05) is 42.5 Å². The molecule has 0 spiro atoms. The number of aromatic nitrogens is 2. The summed E-state index contributed by atoms with van der Waals surface area (Å²) in [5, 5.41) is 4.55. The third kappa shape index (κ3) is 7.25. The molecule has 0 aliphatic carbocycles. The summed E-state index contributed by atoms with van der Waals surface area (Å²) in [6.45, 7) is 9.92. The number of nitrogen functional groups attached to an aromatic ring is 1. The molecule has 0 saturated heterocycles. The molecule has 0 aliphatic rings. The lowest BCUT2D eigenvalue weighted by Crippen LogP contribution is -2.25. The number of halogens is 3. The van der Waals surface area contributed by atoms with Gasteiger partial charge in [0.1, 0.15) is 5.82 Å². The zero-order chi connectivity index (χ0) is 24.0. The number of rotatable bonds is 10. The largest absolute Gasteiger partial charge is 0.399 e. The molecule has 176 valence electrons. The molecule has 1 atom stereocenters. The number of anilines is 2. The Morgan fingerprint density at radius 2 is 1.73 bits per heavy atom. The number of hydrogen-bond acceptors (Lipinski definition) is 5. The first kappa shape index (κ1) is 26.1. The van der Waals surface area contributed by atoms with Crippen molar-refractivity contribution in [2.45, 2.75) is 39.7 Å². The zero-order valence-corrected chi connectivity index (χ0v) is 24.0. The monoisotopic (exact) mass is 637 g/mol. The maximum absolute atomic E-state index is 6.07. The van der Waals surface area contributed by atoms with Crippen LogP contribution in [0.4, 0.5) is 11.5 Å². The first-order valence-electron chi connectivity index (χ1n) is 11.2. The Labute approximate surface area is 221 Å². The molecular weight excluding hydrogens is 610 g/mol. The van der Waals surface area contributed by atoms with E-state index in [2.05, 4.69) is 78.8 Å².